The normalized spacial score (nSPS) is 25.1. The van der Waals surface area contributed by atoms with Crippen molar-refractivity contribution in [1.29, 1.82) is 0 Å². The third-order valence-electron chi connectivity index (χ3n) is 8.91. The van der Waals surface area contributed by atoms with E-state index in [9.17, 15) is 9.59 Å². The van der Waals surface area contributed by atoms with Gasteiger partial charge in [-0.1, -0.05) is 31.2 Å². The number of amides is 2. The Hall–Kier alpha value is -2.89. The first-order valence-corrected chi connectivity index (χ1v) is 14.2. The Labute approximate surface area is 236 Å². The summed E-state index contributed by atoms with van der Waals surface area (Å²) in [5.41, 5.74) is 2.02. The molecule has 1 aromatic heterocycles. The molecule has 3 saturated heterocycles. The highest BCUT2D eigenvalue weighted by atomic mass is 16.7. The number of nitrogens with one attached hydrogen (secondary N) is 2. The van der Waals surface area contributed by atoms with E-state index in [2.05, 4.69) is 17.2 Å². The molecule has 5 rings (SSSR count). The number of alkyl carbamates (subject to hydrolysis) is 1. The van der Waals surface area contributed by atoms with Crippen molar-refractivity contribution in [3.05, 3.63) is 36.3 Å². The Morgan fingerprint density at radius 3 is 2.40 bits per heavy atom. The van der Waals surface area contributed by atoms with Gasteiger partial charge in [-0.25, -0.2) is 9.78 Å². The first-order chi connectivity index (χ1) is 19.0. The Balaban J connectivity index is 1.33. The van der Waals surface area contributed by atoms with Gasteiger partial charge >= 0.3 is 13.2 Å². The third-order valence-corrected chi connectivity index (χ3v) is 8.91. The molecule has 40 heavy (non-hydrogen) atoms. The second-order valence-corrected chi connectivity index (χ2v) is 12.3. The van der Waals surface area contributed by atoms with Crippen molar-refractivity contribution in [2.24, 2.45) is 11.8 Å². The van der Waals surface area contributed by atoms with Crippen molar-refractivity contribution in [3.8, 4) is 11.3 Å². The number of aromatic nitrogens is 2. The molecule has 3 unspecified atom stereocenters. The highest BCUT2D eigenvalue weighted by Crippen LogP contribution is 2.38. The summed E-state index contributed by atoms with van der Waals surface area (Å²) in [5.74, 6) is 0.935. The van der Waals surface area contributed by atoms with Crippen LogP contribution in [-0.2, 0) is 23.6 Å². The summed E-state index contributed by atoms with van der Waals surface area (Å²) in [6.45, 7) is 12.1. The number of ether oxygens (including phenoxy) is 2. The van der Waals surface area contributed by atoms with Crippen LogP contribution >= 0.6 is 0 Å². The van der Waals surface area contributed by atoms with Crippen LogP contribution in [-0.4, -0.2) is 78.1 Å². The monoisotopic (exact) mass is 552 g/mol. The molecule has 3 aliphatic rings. The quantitative estimate of drug-likeness (QED) is 0.528. The van der Waals surface area contributed by atoms with Crippen LogP contribution in [0.15, 0.2) is 30.5 Å². The molecule has 2 aromatic rings. The minimum atomic E-state index is -0.666. The number of hydrogen-bond acceptors (Lipinski definition) is 7. The lowest BCUT2D eigenvalue weighted by Gasteiger charge is -2.34. The van der Waals surface area contributed by atoms with Crippen molar-refractivity contribution >= 4 is 24.6 Å². The molecule has 3 aliphatic heterocycles. The molecule has 0 aliphatic carbocycles. The zero-order valence-corrected chi connectivity index (χ0v) is 24.4. The van der Waals surface area contributed by atoms with Gasteiger partial charge in [0, 0.05) is 19.8 Å². The molecule has 0 spiro atoms. The van der Waals surface area contributed by atoms with Crippen LogP contribution in [0.2, 0.25) is 0 Å². The average molecular weight is 552 g/mol. The Kier molecular flexibility index (Phi) is 8.00. The smallest absolute Gasteiger partial charge is 0.453 e. The standard InChI is InChI=1S/C29H41BN4O6/c1-18-15-23(34(17-18)26(35)24(33-27(36)37-6)20-11-13-38-14-12-20)25-31-16-22(32-25)19-7-9-21(10-8-19)30-39-28(2,3)29(4,5)40-30/h7-10,16,18,20,23-24H,11-15,17H2,1-6H3,(H,31,32)(H,33,36). The number of H-pyrrole nitrogens is 1. The van der Waals surface area contributed by atoms with Gasteiger partial charge in [-0.2, -0.15) is 0 Å². The molecule has 216 valence electrons. The van der Waals surface area contributed by atoms with Crippen LogP contribution in [0.3, 0.4) is 0 Å². The predicted molar refractivity (Wildman–Crippen MR) is 151 cm³/mol. The van der Waals surface area contributed by atoms with Gasteiger partial charge in [-0.15, -0.1) is 0 Å². The van der Waals surface area contributed by atoms with E-state index in [0.717, 1.165) is 29.0 Å². The van der Waals surface area contributed by atoms with Crippen LogP contribution in [0.4, 0.5) is 4.79 Å². The maximum atomic E-state index is 13.9. The van der Waals surface area contributed by atoms with E-state index in [1.54, 1.807) is 0 Å². The topological polar surface area (TPSA) is 115 Å². The zero-order chi connectivity index (χ0) is 28.7. The van der Waals surface area contributed by atoms with Crippen molar-refractivity contribution in [3.63, 3.8) is 0 Å². The summed E-state index contributed by atoms with van der Waals surface area (Å²) < 4.78 is 22.7. The van der Waals surface area contributed by atoms with Gasteiger partial charge < -0.3 is 34.0 Å². The van der Waals surface area contributed by atoms with Crippen molar-refractivity contribution in [1.82, 2.24) is 20.2 Å². The fraction of sp³-hybridized carbons (Fsp3) is 0.621. The van der Waals surface area contributed by atoms with Crippen molar-refractivity contribution < 1.29 is 28.4 Å². The molecule has 0 bridgehead atoms. The van der Waals surface area contributed by atoms with Crippen LogP contribution in [0.1, 0.15) is 65.7 Å². The summed E-state index contributed by atoms with van der Waals surface area (Å²) >= 11 is 0. The van der Waals surface area contributed by atoms with Crippen LogP contribution in [0, 0.1) is 11.8 Å². The van der Waals surface area contributed by atoms with E-state index in [1.807, 2.05) is 63.1 Å². The van der Waals surface area contributed by atoms with E-state index in [4.69, 9.17) is 23.8 Å². The van der Waals surface area contributed by atoms with Crippen LogP contribution in [0.25, 0.3) is 11.3 Å². The highest BCUT2D eigenvalue weighted by Gasteiger charge is 2.51. The molecule has 4 heterocycles. The predicted octanol–water partition coefficient (Wildman–Crippen LogP) is 3.44. The van der Waals surface area contributed by atoms with Crippen molar-refractivity contribution in [2.75, 3.05) is 26.9 Å². The van der Waals surface area contributed by atoms with Crippen molar-refractivity contribution in [2.45, 2.75) is 77.2 Å². The maximum absolute atomic E-state index is 13.9. The summed E-state index contributed by atoms with van der Waals surface area (Å²) in [6, 6.07) is 7.21. The maximum Gasteiger partial charge on any atom is 0.494 e. The molecular weight excluding hydrogens is 511 g/mol. The van der Waals surface area contributed by atoms with Crippen LogP contribution < -0.4 is 10.8 Å². The fourth-order valence-corrected chi connectivity index (χ4v) is 5.80. The van der Waals surface area contributed by atoms with Crippen LogP contribution in [0.5, 0.6) is 0 Å². The third kappa shape index (κ3) is 5.64. The van der Waals surface area contributed by atoms with Gasteiger partial charge in [-0.05, 0) is 69.8 Å². The summed E-state index contributed by atoms with van der Waals surface area (Å²) in [4.78, 5) is 36.1. The average Bonchev–Trinajstić information content (AvgIpc) is 3.63. The Morgan fingerprint density at radius 1 is 1.12 bits per heavy atom. The van der Waals surface area contributed by atoms with E-state index in [-0.39, 0.29) is 17.9 Å². The molecule has 2 N–H and O–H groups in total. The van der Waals surface area contributed by atoms with Gasteiger partial charge in [0.15, 0.2) is 0 Å². The number of methoxy groups -OCH3 is 1. The summed E-state index contributed by atoms with van der Waals surface area (Å²) in [6.07, 6.45) is 3.42. The Morgan fingerprint density at radius 2 is 1.77 bits per heavy atom. The fourth-order valence-electron chi connectivity index (χ4n) is 5.80. The number of imidazole rings is 1. The first kappa shape index (κ1) is 28.6. The second-order valence-electron chi connectivity index (χ2n) is 12.3. The number of carbonyl (C=O) groups is 2. The minimum Gasteiger partial charge on any atom is -0.453 e. The number of nitrogens with zero attached hydrogens (tertiary/aromatic N) is 2. The minimum absolute atomic E-state index is 0.00782. The molecule has 0 saturated carbocycles. The Bertz CT molecular complexity index is 1190. The lowest BCUT2D eigenvalue weighted by Crippen LogP contribution is -2.53. The largest absolute Gasteiger partial charge is 0.494 e. The second kappa shape index (κ2) is 11.2. The highest BCUT2D eigenvalue weighted by molar-refractivity contribution is 6.62. The summed E-state index contributed by atoms with van der Waals surface area (Å²) in [5, 5.41) is 2.81. The molecule has 0 radical (unpaired) electrons. The van der Waals surface area contributed by atoms with E-state index >= 15 is 0 Å². The molecule has 11 heteroatoms. The number of likely N-dealkylation sites (tertiary alicyclic amines) is 1. The zero-order valence-electron chi connectivity index (χ0n) is 24.4. The molecular formula is C29H41BN4O6. The van der Waals surface area contributed by atoms with Gasteiger partial charge in [0.2, 0.25) is 5.91 Å². The SMILES string of the molecule is COC(=O)NC(C(=O)N1CC(C)CC1c1ncc(-c2ccc(B3OC(C)(C)C(C)(C)O3)cc2)[nH]1)C1CCOCC1. The van der Waals surface area contributed by atoms with E-state index in [0.29, 0.717) is 38.5 Å². The number of carbonyl (C=O) groups excluding carboxylic acids is 2. The van der Waals surface area contributed by atoms with Gasteiger partial charge in [0.1, 0.15) is 11.9 Å². The molecule has 3 fully saturated rings. The van der Waals surface area contributed by atoms with Gasteiger partial charge in [0.05, 0.1) is 36.2 Å². The number of aromatic amines is 1. The molecule has 10 nitrogen and oxygen atoms in total. The lowest BCUT2D eigenvalue weighted by molar-refractivity contribution is -0.137. The number of benzene rings is 1. The van der Waals surface area contributed by atoms with Gasteiger partial charge in [-0.3, -0.25) is 4.79 Å². The number of rotatable bonds is 6. The first-order valence-electron chi connectivity index (χ1n) is 14.2. The number of hydrogen-bond donors (Lipinski definition) is 2. The molecule has 3 atom stereocenters. The van der Waals surface area contributed by atoms with E-state index < -0.39 is 30.5 Å². The molecule has 2 amide bonds. The summed E-state index contributed by atoms with van der Waals surface area (Å²) in [7, 11) is 0.895. The molecule has 1 aromatic carbocycles. The lowest BCUT2D eigenvalue weighted by atomic mass is 9.79. The van der Waals surface area contributed by atoms with E-state index in [1.165, 1.54) is 7.11 Å². The van der Waals surface area contributed by atoms with Gasteiger partial charge in [0.25, 0.3) is 0 Å².